The number of hydrogen-bond acceptors (Lipinski definition) is 6. The molecule has 0 N–H and O–H groups in total. The van der Waals surface area contributed by atoms with Gasteiger partial charge in [-0.25, -0.2) is 4.98 Å². The lowest BCUT2D eigenvalue weighted by Crippen LogP contribution is -2.32. The lowest BCUT2D eigenvalue weighted by Gasteiger charge is -2.16. The molecule has 188 valence electrons. The molecule has 0 aliphatic carbocycles. The lowest BCUT2D eigenvalue weighted by molar-refractivity contribution is -0.123. The van der Waals surface area contributed by atoms with Crippen molar-refractivity contribution in [3.05, 3.63) is 98.2 Å². The molecular weight excluding hydrogens is 488 g/mol. The largest absolute Gasteiger partial charge is 0.492 e. The Bertz CT molecular complexity index is 1630. The summed E-state index contributed by atoms with van der Waals surface area (Å²) in [5.41, 5.74) is 3.90. The van der Waals surface area contributed by atoms with Crippen molar-refractivity contribution in [3.8, 4) is 5.75 Å². The standard InChI is InChI=1S/C28H26N4O4S/c1-17-9-11-22(12-10-17)36-14-13-30-27(34)25(37-28(30)35)16-21-15-18(2)31(19(21)3)32-20(4)29-24-8-6-5-7-23(24)26(32)33/h5-12,15-16H,13-14H2,1-4H3. The Balaban J connectivity index is 1.40. The van der Waals surface area contributed by atoms with E-state index < -0.39 is 0 Å². The zero-order chi connectivity index (χ0) is 26.3. The van der Waals surface area contributed by atoms with Crippen molar-refractivity contribution in [2.75, 3.05) is 13.2 Å². The van der Waals surface area contributed by atoms with E-state index >= 15 is 0 Å². The predicted molar refractivity (Wildman–Crippen MR) is 145 cm³/mol. The predicted octanol–water partition coefficient (Wildman–Crippen LogP) is 4.86. The van der Waals surface area contributed by atoms with Crippen molar-refractivity contribution >= 4 is 39.9 Å². The molecule has 4 aromatic rings. The molecule has 0 atom stereocenters. The Morgan fingerprint density at radius 1 is 0.946 bits per heavy atom. The lowest BCUT2D eigenvalue weighted by atomic mass is 10.2. The summed E-state index contributed by atoms with van der Waals surface area (Å²) in [5, 5.41) is 0.194. The van der Waals surface area contributed by atoms with E-state index in [1.165, 1.54) is 4.90 Å². The van der Waals surface area contributed by atoms with E-state index in [9.17, 15) is 14.4 Å². The smallest absolute Gasteiger partial charge is 0.293 e. The summed E-state index contributed by atoms with van der Waals surface area (Å²) in [6, 6.07) is 16.7. The van der Waals surface area contributed by atoms with E-state index in [1.54, 1.807) is 28.4 Å². The van der Waals surface area contributed by atoms with Gasteiger partial charge in [0, 0.05) is 11.4 Å². The van der Waals surface area contributed by atoms with Crippen LogP contribution in [0.25, 0.3) is 17.0 Å². The molecule has 1 aliphatic rings. The number of ether oxygens (including phenoxy) is 1. The Kier molecular flexibility index (Phi) is 6.47. The van der Waals surface area contributed by atoms with Gasteiger partial charge in [-0.1, -0.05) is 29.8 Å². The molecule has 37 heavy (non-hydrogen) atoms. The van der Waals surface area contributed by atoms with Gasteiger partial charge in [0.05, 0.1) is 22.4 Å². The molecule has 1 saturated heterocycles. The van der Waals surface area contributed by atoms with Gasteiger partial charge >= 0.3 is 0 Å². The van der Waals surface area contributed by atoms with E-state index in [-0.39, 0.29) is 29.9 Å². The minimum atomic E-state index is -0.354. The van der Waals surface area contributed by atoms with Crippen LogP contribution in [0.3, 0.4) is 0 Å². The van der Waals surface area contributed by atoms with Gasteiger partial charge in [-0.3, -0.25) is 24.0 Å². The summed E-state index contributed by atoms with van der Waals surface area (Å²) >= 11 is 0.905. The van der Waals surface area contributed by atoms with Crippen LogP contribution in [-0.2, 0) is 4.79 Å². The molecule has 0 bridgehead atoms. The van der Waals surface area contributed by atoms with Gasteiger partial charge in [-0.2, -0.15) is 4.68 Å². The maximum atomic E-state index is 13.3. The number of fused-ring (bicyclic) bond motifs is 1. The van der Waals surface area contributed by atoms with Crippen LogP contribution < -0.4 is 10.3 Å². The zero-order valence-corrected chi connectivity index (χ0v) is 21.8. The average molecular weight is 515 g/mol. The number of hydrogen-bond donors (Lipinski definition) is 0. The highest BCUT2D eigenvalue weighted by molar-refractivity contribution is 8.18. The van der Waals surface area contributed by atoms with E-state index in [1.807, 2.05) is 69.3 Å². The van der Waals surface area contributed by atoms with Crippen LogP contribution in [0.4, 0.5) is 4.79 Å². The fraction of sp³-hybridized carbons (Fsp3) is 0.214. The third-order valence-electron chi connectivity index (χ3n) is 6.31. The summed E-state index contributed by atoms with van der Waals surface area (Å²) in [4.78, 5) is 45.1. The topological polar surface area (TPSA) is 86.4 Å². The number of nitrogens with zero attached hydrogens (tertiary/aromatic N) is 4. The van der Waals surface area contributed by atoms with Gasteiger partial charge in [-0.15, -0.1) is 0 Å². The van der Waals surface area contributed by atoms with Gasteiger partial charge in [0.15, 0.2) is 0 Å². The van der Waals surface area contributed by atoms with Gasteiger partial charge in [0.25, 0.3) is 16.7 Å². The Morgan fingerprint density at radius 2 is 1.68 bits per heavy atom. The van der Waals surface area contributed by atoms with Crippen LogP contribution in [0.2, 0.25) is 0 Å². The SMILES string of the molecule is Cc1ccc(OCCN2C(=O)SC(=Cc3cc(C)n(-n4c(C)nc5ccccc5c4=O)c3C)C2=O)cc1. The molecule has 2 aromatic carbocycles. The van der Waals surface area contributed by atoms with Crippen molar-refractivity contribution in [3.63, 3.8) is 0 Å². The minimum Gasteiger partial charge on any atom is -0.492 e. The molecule has 1 fully saturated rings. The molecule has 3 heterocycles. The summed E-state index contributed by atoms with van der Waals surface area (Å²) in [5.74, 6) is 0.883. The molecule has 5 rings (SSSR count). The highest BCUT2D eigenvalue weighted by atomic mass is 32.2. The minimum absolute atomic E-state index is 0.159. The summed E-state index contributed by atoms with van der Waals surface area (Å²) in [6.07, 6.45) is 1.71. The average Bonchev–Trinajstić information content (AvgIpc) is 3.29. The molecule has 0 saturated carbocycles. The molecule has 0 spiro atoms. The first-order chi connectivity index (χ1) is 17.7. The van der Waals surface area contributed by atoms with E-state index in [0.717, 1.165) is 34.3 Å². The fourth-order valence-electron chi connectivity index (χ4n) is 4.42. The Morgan fingerprint density at radius 3 is 2.43 bits per heavy atom. The van der Waals surface area contributed by atoms with Crippen LogP contribution >= 0.6 is 11.8 Å². The Hall–Kier alpha value is -4.11. The van der Waals surface area contributed by atoms with Gasteiger partial charge < -0.3 is 4.74 Å². The van der Waals surface area contributed by atoms with Gasteiger partial charge in [-0.05, 0) is 81.4 Å². The van der Waals surface area contributed by atoms with Crippen LogP contribution in [0, 0.1) is 27.7 Å². The molecular formula is C28H26N4O4S. The van der Waals surface area contributed by atoms with Crippen LogP contribution in [0.5, 0.6) is 5.75 Å². The second kappa shape index (κ2) is 9.74. The number of aryl methyl sites for hydroxylation is 3. The number of rotatable bonds is 6. The second-order valence-electron chi connectivity index (χ2n) is 8.93. The van der Waals surface area contributed by atoms with Crippen molar-refractivity contribution in [1.82, 2.24) is 19.2 Å². The molecule has 2 amide bonds. The first-order valence-electron chi connectivity index (χ1n) is 11.9. The first-order valence-corrected chi connectivity index (χ1v) is 12.7. The second-order valence-corrected chi connectivity index (χ2v) is 9.92. The van der Waals surface area contributed by atoms with Crippen molar-refractivity contribution in [2.24, 2.45) is 0 Å². The third kappa shape index (κ3) is 4.58. The molecule has 0 radical (unpaired) electrons. The van der Waals surface area contributed by atoms with Crippen molar-refractivity contribution < 1.29 is 14.3 Å². The molecule has 8 nitrogen and oxygen atoms in total. The Labute approximate surface area is 218 Å². The molecule has 1 aliphatic heterocycles. The van der Waals surface area contributed by atoms with Crippen LogP contribution in [0.15, 0.2) is 64.3 Å². The molecule has 0 unspecified atom stereocenters. The number of imide groups is 1. The number of thioether (sulfide) groups is 1. The normalized spacial score (nSPS) is 14.8. The number of aromatic nitrogens is 3. The van der Waals surface area contributed by atoms with Crippen LogP contribution in [0.1, 0.15) is 28.3 Å². The summed E-state index contributed by atoms with van der Waals surface area (Å²) in [7, 11) is 0. The third-order valence-corrected chi connectivity index (χ3v) is 7.22. The van der Waals surface area contributed by atoms with Gasteiger partial charge in [0.2, 0.25) is 0 Å². The van der Waals surface area contributed by atoms with Crippen molar-refractivity contribution in [2.45, 2.75) is 27.7 Å². The monoisotopic (exact) mass is 514 g/mol. The first kappa shape index (κ1) is 24.6. The maximum Gasteiger partial charge on any atom is 0.293 e. The molecule has 2 aromatic heterocycles. The highest BCUT2D eigenvalue weighted by Crippen LogP contribution is 2.33. The quantitative estimate of drug-likeness (QED) is 0.342. The summed E-state index contributed by atoms with van der Waals surface area (Å²) < 4.78 is 9.03. The number of amides is 2. The van der Waals surface area contributed by atoms with Crippen LogP contribution in [-0.4, -0.2) is 43.5 Å². The van der Waals surface area contributed by atoms with E-state index in [4.69, 9.17) is 4.74 Å². The summed E-state index contributed by atoms with van der Waals surface area (Å²) in [6.45, 7) is 7.91. The van der Waals surface area contributed by atoms with Gasteiger partial charge in [0.1, 0.15) is 18.2 Å². The van der Waals surface area contributed by atoms with Crippen molar-refractivity contribution in [1.29, 1.82) is 0 Å². The number of carbonyl (C=O) groups is 2. The van der Waals surface area contributed by atoms with E-state index in [2.05, 4.69) is 4.98 Å². The number of para-hydroxylation sites is 1. The zero-order valence-electron chi connectivity index (χ0n) is 21.0. The molecule has 9 heteroatoms. The fourth-order valence-corrected chi connectivity index (χ4v) is 5.28. The number of carbonyl (C=O) groups excluding carboxylic acids is 2. The number of benzene rings is 2. The van der Waals surface area contributed by atoms with E-state index in [0.29, 0.717) is 27.4 Å². The maximum absolute atomic E-state index is 13.3. The highest BCUT2D eigenvalue weighted by Gasteiger charge is 2.35.